The second-order valence-corrected chi connectivity index (χ2v) is 4.92. The largest absolute Gasteiger partial charge is 0.480 e. The van der Waals surface area contributed by atoms with Crippen molar-refractivity contribution in [2.24, 2.45) is 0 Å². The first-order chi connectivity index (χ1) is 9.31. The zero-order valence-corrected chi connectivity index (χ0v) is 10.7. The fourth-order valence-corrected chi connectivity index (χ4v) is 2.06. The van der Waals surface area contributed by atoms with Gasteiger partial charge in [-0.1, -0.05) is 0 Å². The van der Waals surface area contributed by atoms with Crippen LogP contribution in [0.4, 0.5) is 8.78 Å². The Kier molecular flexibility index (Phi) is 3.71. The van der Waals surface area contributed by atoms with Crippen LogP contribution in [0, 0.1) is 11.6 Å². The number of carboxylic acids is 1. The van der Waals surface area contributed by atoms with Gasteiger partial charge in [-0.2, -0.15) is 0 Å². The molecule has 1 fully saturated rings. The molecule has 0 aliphatic carbocycles. The minimum Gasteiger partial charge on any atom is -0.480 e. The molecule has 20 heavy (non-hydrogen) atoms. The van der Waals surface area contributed by atoms with Gasteiger partial charge in [0, 0.05) is 0 Å². The maximum atomic E-state index is 13.5. The summed E-state index contributed by atoms with van der Waals surface area (Å²) >= 11 is 0. The second-order valence-electron chi connectivity index (χ2n) is 4.92. The van der Waals surface area contributed by atoms with Gasteiger partial charge in [-0.25, -0.2) is 13.6 Å². The third-order valence-corrected chi connectivity index (χ3v) is 3.04. The SMILES string of the molecule is CC1(OCC(=O)O)CN(C(=O)c2cc(F)ccc2F)C1. The second kappa shape index (κ2) is 5.16. The molecule has 7 heteroatoms. The zero-order chi connectivity index (χ0) is 14.9. The lowest BCUT2D eigenvalue weighted by Gasteiger charge is -2.47. The number of rotatable bonds is 4. The van der Waals surface area contributed by atoms with Gasteiger partial charge in [0.05, 0.1) is 18.7 Å². The van der Waals surface area contributed by atoms with E-state index in [2.05, 4.69) is 0 Å². The van der Waals surface area contributed by atoms with Crippen molar-refractivity contribution >= 4 is 11.9 Å². The number of likely N-dealkylation sites (tertiary alicyclic amines) is 1. The summed E-state index contributed by atoms with van der Waals surface area (Å²) in [6, 6.07) is 2.66. The monoisotopic (exact) mass is 285 g/mol. The van der Waals surface area contributed by atoms with E-state index >= 15 is 0 Å². The van der Waals surface area contributed by atoms with Gasteiger partial charge in [0.2, 0.25) is 0 Å². The van der Waals surface area contributed by atoms with Gasteiger partial charge in [-0.15, -0.1) is 0 Å². The molecular weight excluding hydrogens is 272 g/mol. The first-order valence-electron chi connectivity index (χ1n) is 5.91. The van der Waals surface area contributed by atoms with Gasteiger partial charge in [0.1, 0.15) is 23.8 Å². The predicted octanol–water partition coefficient (Wildman–Crippen LogP) is 1.28. The number of hydrogen-bond donors (Lipinski definition) is 1. The third-order valence-electron chi connectivity index (χ3n) is 3.04. The topological polar surface area (TPSA) is 66.8 Å². The number of ether oxygens (including phenoxy) is 1. The van der Waals surface area contributed by atoms with Crippen LogP contribution in [-0.4, -0.2) is 47.2 Å². The van der Waals surface area contributed by atoms with Crippen LogP contribution in [0.1, 0.15) is 17.3 Å². The molecule has 0 bridgehead atoms. The molecule has 108 valence electrons. The summed E-state index contributed by atoms with van der Waals surface area (Å²) < 4.78 is 31.6. The van der Waals surface area contributed by atoms with Crippen molar-refractivity contribution < 1.29 is 28.2 Å². The standard InChI is InChI=1S/C13H13F2NO4/c1-13(20-5-11(17)18)6-16(7-13)12(19)9-4-8(14)2-3-10(9)15/h2-4H,5-7H2,1H3,(H,17,18). The highest BCUT2D eigenvalue weighted by molar-refractivity contribution is 5.95. The lowest BCUT2D eigenvalue weighted by Crippen LogP contribution is -2.63. The van der Waals surface area contributed by atoms with Crippen molar-refractivity contribution in [1.29, 1.82) is 0 Å². The number of nitrogens with zero attached hydrogens (tertiary/aromatic N) is 1. The average molecular weight is 285 g/mol. The molecule has 1 heterocycles. The minimum atomic E-state index is -1.10. The fraction of sp³-hybridized carbons (Fsp3) is 0.385. The summed E-state index contributed by atoms with van der Waals surface area (Å²) in [5.41, 5.74) is -1.11. The molecule has 0 spiro atoms. The van der Waals surface area contributed by atoms with Crippen molar-refractivity contribution in [1.82, 2.24) is 4.90 Å². The van der Waals surface area contributed by atoms with Gasteiger partial charge in [0.25, 0.3) is 5.91 Å². The van der Waals surface area contributed by atoms with Crippen LogP contribution >= 0.6 is 0 Å². The summed E-state index contributed by atoms with van der Waals surface area (Å²) in [5.74, 6) is -3.23. The van der Waals surface area contributed by atoms with Gasteiger partial charge in [0.15, 0.2) is 0 Å². The van der Waals surface area contributed by atoms with Gasteiger partial charge in [-0.05, 0) is 25.1 Å². The molecule has 1 aromatic rings. The highest BCUT2D eigenvalue weighted by atomic mass is 19.1. The quantitative estimate of drug-likeness (QED) is 0.905. The maximum Gasteiger partial charge on any atom is 0.329 e. The number of aliphatic carboxylic acids is 1. The van der Waals surface area contributed by atoms with Crippen LogP contribution in [0.2, 0.25) is 0 Å². The molecule has 1 saturated heterocycles. The van der Waals surface area contributed by atoms with E-state index in [0.717, 1.165) is 18.2 Å². The Labute approximate surface area is 113 Å². The Morgan fingerprint density at radius 2 is 2.05 bits per heavy atom. The molecule has 0 saturated carbocycles. The number of amides is 1. The van der Waals surface area contributed by atoms with Crippen molar-refractivity contribution in [3.63, 3.8) is 0 Å². The summed E-state index contributed by atoms with van der Waals surface area (Å²) in [4.78, 5) is 23.7. The van der Waals surface area contributed by atoms with E-state index in [9.17, 15) is 18.4 Å². The lowest BCUT2D eigenvalue weighted by atomic mass is 9.95. The molecule has 1 aromatic carbocycles. The molecule has 0 aromatic heterocycles. The van der Waals surface area contributed by atoms with E-state index in [0.29, 0.717) is 0 Å². The van der Waals surface area contributed by atoms with E-state index in [1.165, 1.54) is 4.90 Å². The van der Waals surface area contributed by atoms with Gasteiger partial charge < -0.3 is 14.7 Å². The highest BCUT2D eigenvalue weighted by Gasteiger charge is 2.43. The average Bonchev–Trinajstić information content (AvgIpc) is 2.35. The summed E-state index contributed by atoms with van der Waals surface area (Å²) in [7, 11) is 0. The van der Waals surface area contributed by atoms with Gasteiger partial charge in [-0.3, -0.25) is 4.79 Å². The minimum absolute atomic E-state index is 0.134. The molecule has 0 atom stereocenters. The Balaban J connectivity index is 2.00. The summed E-state index contributed by atoms with van der Waals surface area (Å²) in [5, 5.41) is 8.52. The van der Waals surface area contributed by atoms with Crippen LogP contribution in [0.5, 0.6) is 0 Å². The van der Waals surface area contributed by atoms with E-state index in [-0.39, 0.29) is 18.7 Å². The van der Waals surface area contributed by atoms with E-state index < -0.39 is 35.7 Å². The maximum absolute atomic E-state index is 13.5. The summed E-state index contributed by atoms with van der Waals surface area (Å²) in [6.07, 6.45) is 0. The van der Waals surface area contributed by atoms with Crippen molar-refractivity contribution in [2.45, 2.75) is 12.5 Å². The van der Waals surface area contributed by atoms with Crippen molar-refractivity contribution in [3.8, 4) is 0 Å². The zero-order valence-electron chi connectivity index (χ0n) is 10.7. The first-order valence-corrected chi connectivity index (χ1v) is 5.91. The molecule has 0 unspecified atom stereocenters. The fourth-order valence-electron chi connectivity index (χ4n) is 2.06. The first kappa shape index (κ1) is 14.4. The number of carbonyl (C=O) groups is 2. The van der Waals surface area contributed by atoms with Crippen LogP contribution in [0.3, 0.4) is 0 Å². The molecule has 1 amide bonds. The van der Waals surface area contributed by atoms with Crippen LogP contribution in [0.15, 0.2) is 18.2 Å². The smallest absolute Gasteiger partial charge is 0.329 e. The Bertz CT molecular complexity index is 555. The Morgan fingerprint density at radius 1 is 1.40 bits per heavy atom. The molecule has 0 radical (unpaired) electrons. The molecule has 1 aliphatic rings. The molecular formula is C13H13F2NO4. The van der Waals surface area contributed by atoms with E-state index in [1.807, 2.05) is 0 Å². The Hall–Kier alpha value is -2.02. The molecule has 5 nitrogen and oxygen atoms in total. The predicted molar refractivity (Wildman–Crippen MR) is 64.3 cm³/mol. The number of carbonyl (C=O) groups excluding carboxylic acids is 1. The third kappa shape index (κ3) is 2.93. The molecule has 1 aliphatic heterocycles. The van der Waals surface area contributed by atoms with Crippen molar-refractivity contribution in [3.05, 3.63) is 35.4 Å². The number of hydrogen-bond acceptors (Lipinski definition) is 3. The van der Waals surface area contributed by atoms with Crippen molar-refractivity contribution in [2.75, 3.05) is 19.7 Å². The normalized spacial score (nSPS) is 16.6. The van der Waals surface area contributed by atoms with Crippen LogP contribution < -0.4 is 0 Å². The molecule has 2 rings (SSSR count). The highest BCUT2D eigenvalue weighted by Crippen LogP contribution is 2.27. The van der Waals surface area contributed by atoms with Gasteiger partial charge >= 0.3 is 5.97 Å². The summed E-state index contributed by atoms with van der Waals surface area (Å²) in [6.45, 7) is 1.46. The van der Waals surface area contributed by atoms with E-state index in [4.69, 9.17) is 9.84 Å². The van der Waals surface area contributed by atoms with Crippen LogP contribution in [-0.2, 0) is 9.53 Å². The number of benzene rings is 1. The molecule has 1 N–H and O–H groups in total. The number of halogens is 2. The number of carboxylic acid groups (broad SMARTS) is 1. The van der Waals surface area contributed by atoms with Crippen LogP contribution in [0.25, 0.3) is 0 Å². The van der Waals surface area contributed by atoms with E-state index in [1.54, 1.807) is 6.92 Å². The Morgan fingerprint density at radius 3 is 2.65 bits per heavy atom. The lowest BCUT2D eigenvalue weighted by molar-refractivity contribution is -0.159.